The smallest absolute Gasteiger partial charge is 0.416 e. The minimum atomic E-state index is -4.58. The van der Waals surface area contributed by atoms with Gasteiger partial charge in [0.05, 0.1) is 28.8 Å². The number of imide groups is 1. The van der Waals surface area contributed by atoms with Gasteiger partial charge in [-0.2, -0.15) is 13.2 Å². The Balaban J connectivity index is 2.08. The van der Waals surface area contributed by atoms with Crippen molar-refractivity contribution in [2.24, 2.45) is 0 Å². The first-order valence-corrected chi connectivity index (χ1v) is 9.63. The Morgan fingerprint density at radius 1 is 1.00 bits per heavy atom. The second kappa shape index (κ2) is 7.94. The number of rotatable bonds is 5. The summed E-state index contributed by atoms with van der Waals surface area (Å²) in [5.74, 6) is -0.694. The molecule has 0 saturated carbocycles. The molecule has 152 valence electrons. The van der Waals surface area contributed by atoms with E-state index in [1.807, 2.05) is 13.8 Å². The maximum absolute atomic E-state index is 13.1. The second-order valence-corrected chi connectivity index (χ2v) is 8.18. The lowest BCUT2D eigenvalue weighted by atomic mass is 10.1. The fraction of sp³-hybridized carbons (Fsp3) is 0.238. The minimum absolute atomic E-state index is 0.00328. The molecule has 0 atom stereocenters. The number of thioether (sulfide) groups is 1. The Morgan fingerprint density at radius 3 is 2.21 bits per heavy atom. The van der Waals surface area contributed by atoms with E-state index >= 15 is 0 Å². The fourth-order valence-electron chi connectivity index (χ4n) is 2.92. The van der Waals surface area contributed by atoms with Gasteiger partial charge in [0.1, 0.15) is 5.75 Å². The van der Waals surface area contributed by atoms with Crippen LogP contribution in [0.2, 0.25) is 0 Å². The van der Waals surface area contributed by atoms with E-state index in [9.17, 15) is 22.8 Å². The number of amides is 2. The van der Waals surface area contributed by atoms with Gasteiger partial charge in [0.25, 0.3) is 11.8 Å². The number of alkyl halides is 3. The van der Waals surface area contributed by atoms with Gasteiger partial charge in [0.2, 0.25) is 0 Å². The number of nitrogens with zero attached hydrogens (tertiary/aromatic N) is 1. The van der Waals surface area contributed by atoms with Crippen molar-refractivity contribution < 1.29 is 27.5 Å². The average molecular weight is 421 g/mol. The van der Waals surface area contributed by atoms with Crippen molar-refractivity contribution in [1.29, 1.82) is 0 Å². The first kappa shape index (κ1) is 21.0. The van der Waals surface area contributed by atoms with Crippen molar-refractivity contribution >= 4 is 34.8 Å². The number of hydrogen-bond donors (Lipinski definition) is 0. The summed E-state index contributed by atoms with van der Waals surface area (Å²) in [7, 11) is 1.51. The van der Waals surface area contributed by atoms with Crippen LogP contribution in [0.3, 0.4) is 0 Å². The summed E-state index contributed by atoms with van der Waals surface area (Å²) < 4.78 is 44.4. The van der Waals surface area contributed by atoms with Crippen LogP contribution >= 0.6 is 11.8 Å². The molecule has 0 N–H and O–H groups in total. The van der Waals surface area contributed by atoms with Crippen LogP contribution < -0.4 is 9.64 Å². The molecule has 0 aliphatic carbocycles. The molecule has 0 saturated heterocycles. The van der Waals surface area contributed by atoms with Crippen molar-refractivity contribution in [3.05, 3.63) is 64.6 Å². The fourth-order valence-corrected chi connectivity index (χ4v) is 3.91. The monoisotopic (exact) mass is 421 g/mol. The Kier molecular flexibility index (Phi) is 5.75. The molecule has 0 fully saturated rings. The molecule has 0 unspecified atom stereocenters. The Hall–Kier alpha value is -2.74. The maximum atomic E-state index is 13.1. The largest absolute Gasteiger partial charge is 0.497 e. The molecule has 4 nitrogen and oxygen atoms in total. The van der Waals surface area contributed by atoms with E-state index in [2.05, 4.69) is 0 Å². The van der Waals surface area contributed by atoms with Gasteiger partial charge in [-0.25, -0.2) is 4.90 Å². The number of anilines is 1. The molecule has 1 aliphatic rings. The molecule has 3 rings (SSSR count). The molecule has 2 aromatic rings. The Morgan fingerprint density at radius 2 is 1.66 bits per heavy atom. The standard InChI is InChI=1S/C21H18F3NO3S/c1-12(2)29-18-17(13-7-9-16(28-3)10-8-13)19(26)25(20(18)27)15-6-4-5-14(11-15)21(22,23)24/h4-12H,1-3H3. The first-order chi connectivity index (χ1) is 13.6. The van der Waals surface area contributed by atoms with Crippen LogP contribution in [0.15, 0.2) is 53.4 Å². The van der Waals surface area contributed by atoms with Gasteiger partial charge >= 0.3 is 6.18 Å². The molecule has 1 heterocycles. The average Bonchev–Trinajstić information content (AvgIpc) is 2.90. The molecule has 0 radical (unpaired) electrons. The number of carbonyl (C=O) groups excluding carboxylic acids is 2. The summed E-state index contributed by atoms with van der Waals surface area (Å²) in [5.41, 5.74) is -0.359. The molecule has 0 spiro atoms. The summed E-state index contributed by atoms with van der Waals surface area (Å²) in [6.07, 6.45) is -4.58. The first-order valence-electron chi connectivity index (χ1n) is 8.75. The van der Waals surface area contributed by atoms with Gasteiger partial charge < -0.3 is 4.74 Å². The summed E-state index contributed by atoms with van der Waals surface area (Å²) in [4.78, 5) is 27.2. The number of halogens is 3. The van der Waals surface area contributed by atoms with Crippen LogP contribution in [0, 0.1) is 0 Å². The van der Waals surface area contributed by atoms with Gasteiger partial charge in [-0.15, -0.1) is 11.8 Å². The highest BCUT2D eigenvalue weighted by molar-refractivity contribution is 8.04. The highest BCUT2D eigenvalue weighted by Gasteiger charge is 2.41. The zero-order valence-electron chi connectivity index (χ0n) is 15.9. The summed E-state index contributed by atoms with van der Waals surface area (Å²) in [6, 6.07) is 10.8. The second-order valence-electron chi connectivity index (χ2n) is 6.59. The van der Waals surface area contributed by atoms with E-state index in [4.69, 9.17) is 4.74 Å². The Bertz CT molecular complexity index is 981. The van der Waals surface area contributed by atoms with Gasteiger partial charge in [-0.1, -0.05) is 32.0 Å². The van der Waals surface area contributed by atoms with E-state index in [0.717, 1.165) is 17.0 Å². The normalized spacial score (nSPS) is 14.9. The van der Waals surface area contributed by atoms with Crippen molar-refractivity contribution in [3.63, 3.8) is 0 Å². The molecule has 8 heteroatoms. The van der Waals surface area contributed by atoms with Crippen molar-refractivity contribution in [1.82, 2.24) is 0 Å². The van der Waals surface area contributed by atoms with Crippen molar-refractivity contribution in [2.45, 2.75) is 25.3 Å². The predicted molar refractivity (Wildman–Crippen MR) is 107 cm³/mol. The van der Waals surface area contributed by atoms with Crippen LogP contribution in [0.5, 0.6) is 5.75 Å². The van der Waals surface area contributed by atoms with Gasteiger partial charge in [0, 0.05) is 5.25 Å². The van der Waals surface area contributed by atoms with Crippen LogP contribution in [0.4, 0.5) is 18.9 Å². The number of methoxy groups -OCH3 is 1. The lowest BCUT2D eigenvalue weighted by molar-refractivity contribution is -0.137. The van der Waals surface area contributed by atoms with E-state index < -0.39 is 23.6 Å². The van der Waals surface area contributed by atoms with Crippen molar-refractivity contribution in [2.75, 3.05) is 12.0 Å². The van der Waals surface area contributed by atoms with Crippen LogP contribution in [0.1, 0.15) is 25.0 Å². The quantitative estimate of drug-likeness (QED) is 0.627. The van der Waals surface area contributed by atoms with Crippen LogP contribution in [0.25, 0.3) is 5.57 Å². The molecule has 2 aromatic carbocycles. The summed E-state index contributed by atoms with van der Waals surface area (Å²) in [5, 5.41) is -0.00328. The number of ether oxygens (including phenoxy) is 1. The topological polar surface area (TPSA) is 46.6 Å². The summed E-state index contributed by atoms with van der Waals surface area (Å²) >= 11 is 1.21. The van der Waals surface area contributed by atoms with Crippen LogP contribution in [-0.4, -0.2) is 24.2 Å². The zero-order valence-corrected chi connectivity index (χ0v) is 16.7. The number of hydrogen-bond acceptors (Lipinski definition) is 4. The third-order valence-electron chi connectivity index (χ3n) is 4.21. The third kappa shape index (κ3) is 4.17. The number of carbonyl (C=O) groups is 2. The van der Waals surface area contributed by atoms with E-state index in [-0.39, 0.29) is 21.4 Å². The van der Waals surface area contributed by atoms with Crippen LogP contribution in [-0.2, 0) is 15.8 Å². The molecule has 2 amide bonds. The van der Waals surface area contributed by atoms with E-state index in [1.165, 1.54) is 31.0 Å². The minimum Gasteiger partial charge on any atom is -0.497 e. The molecule has 29 heavy (non-hydrogen) atoms. The van der Waals surface area contributed by atoms with Gasteiger partial charge in [0.15, 0.2) is 0 Å². The molecule has 0 aromatic heterocycles. The van der Waals surface area contributed by atoms with Gasteiger partial charge in [-0.05, 0) is 35.9 Å². The molecule has 1 aliphatic heterocycles. The molecular formula is C21H18F3NO3S. The summed E-state index contributed by atoms with van der Waals surface area (Å²) in [6.45, 7) is 3.74. The highest BCUT2D eigenvalue weighted by atomic mass is 32.2. The lowest BCUT2D eigenvalue weighted by Crippen LogP contribution is -2.31. The van der Waals surface area contributed by atoms with E-state index in [0.29, 0.717) is 11.3 Å². The maximum Gasteiger partial charge on any atom is 0.416 e. The number of benzene rings is 2. The SMILES string of the molecule is COc1ccc(C2=C(SC(C)C)C(=O)N(c3cccc(C(F)(F)F)c3)C2=O)cc1. The lowest BCUT2D eigenvalue weighted by Gasteiger charge is -2.17. The third-order valence-corrected chi connectivity index (χ3v) is 5.29. The predicted octanol–water partition coefficient (Wildman–Crippen LogP) is 5.14. The molecule has 0 bridgehead atoms. The van der Waals surface area contributed by atoms with E-state index in [1.54, 1.807) is 24.3 Å². The van der Waals surface area contributed by atoms with Crippen molar-refractivity contribution in [3.8, 4) is 5.75 Å². The van der Waals surface area contributed by atoms with Gasteiger partial charge in [-0.3, -0.25) is 9.59 Å². The highest BCUT2D eigenvalue weighted by Crippen LogP contribution is 2.41. The zero-order chi connectivity index (χ0) is 21.3. The Labute approximate surface area is 170 Å². The molecular weight excluding hydrogens is 403 g/mol.